The van der Waals surface area contributed by atoms with E-state index in [9.17, 15) is 10.0 Å². The van der Waals surface area contributed by atoms with Crippen LogP contribution in [0.15, 0.2) is 18.2 Å². The Morgan fingerprint density at radius 3 is 2.76 bits per heavy atom. The van der Waals surface area contributed by atoms with Crippen molar-refractivity contribution in [1.82, 2.24) is 0 Å². The van der Waals surface area contributed by atoms with Crippen molar-refractivity contribution in [2.24, 2.45) is 0 Å². The van der Waals surface area contributed by atoms with E-state index in [0.29, 0.717) is 11.2 Å². The van der Waals surface area contributed by atoms with Gasteiger partial charge in [0.1, 0.15) is 5.75 Å². The largest absolute Gasteiger partial charge is 0.497 e. The van der Waals surface area contributed by atoms with Crippen molar-refractivity contribution < 1.29 is 19.5 Å². The molecule has 1 heterocycles. The predicted octanol–water partition coefficient (Wildman–Crippen LogP) is 0.617. The van der Waals surface area contributed by atoms with E-state index < -0.39 is 7.12 Å². The van der Waals surface area contributed by atoms with E-state index in [1.165, 1.54) is 7.11 Å². The van der Waals surface area contributed by atoms with Gasteiger partial charge in [-0.25, -0.2) is 0 Å². The van der Waals surface area contributed by atoms with Crippen molar-refractivity contribution in [3.05, 3.63) is 23.8 Å². The van der Waals surface area contributed by atoms with Crippen LogP contribution >= 0.6 is 0 Å². The lowest BCUT2D eigenvalue weighted by Gasteiger charge is -2.23. The van der Waals surface area contributed by atoms with Gasteiger partial charge in [-0.05, 0) is 30.9 Å². The Morgan fingerprint density at radius 1 is 1.35 bits per heavy atom. The molecule has 1 saturated heterocycles. The van der Waals surface area contributed by atoms with Gasteiger partial charge in [0, 0.05) is 12.1 Å². The third-order valence-corrected chi connectivity index (χ3v) is 3.09. The highest BCUT2D eigenvalue weighted by Crippen LogP contribution is 2.29. The summed E-state index contributed by atoms with van der Waals surface area (Å²) in [5.74, 6) is 0.492. The van der Waals surface area contributed by atoms with E-state index in [4.69, 9.17) is 9.47 Å². The van der Waals surface area contributed by atoms with Crippen molar-refractivity contribution >= 4 is 12.6 Å². The second-order valence-electron chi connectivity index (χ2n) is 4.23. The minimum Gasteiger partial charge on any atom is -0.497 e. The molecule has 0 aliphatic carbocycles. The van der Waals surface area contributed by atoms with Crippen molar-refractivity contribution in [3.8, 4) is 5.75 Å². The van der Waals surface area contributed by atoms with Gasteiger partial charge in [-0.3, -0.25) is 0 Å². The van der Waals surface area contributed by atoms with Gasteiger partial charge in [0.05, 0.1) is 13.2 Å². The summed E-state index contributed by atoms with van der Waals surface area (Å²) in [7, 11) is 0.0125. The van der Waals surface area contributed by atoms with Crippen LogP contribution in [-0.4, -0.2) is 30.9 Å². The van der Waals surface area contributed by atoms with Crippen molar-refractivity contribution in [1.29, 1.82) is 0 Å². The van der Waals surface area contributed by atoms with Crippen LogP contribution in [0, 0.1) is 0 Å². The summed E-state index contributed by atoms with van der Waals surface area (Å²) in [5.41, 5.74) is 1.41. The molecule has 5 heteroatoms. The fourth-order valence-corrected chi connectivity index (χ4v) is 2.14. The summed E-state index contributed by atoms with van der Waals surface area (Å²) in [6, 6.07) is 5.37. The lowest BCUT2D eigenvalue weighted by Crippen LogP contribution is -2.31. The number of hydrogen-bond acceptors (Lipinski definition) is 4. The fourth-order valence-electron chi connectivity index (χ4n) is 2.14. The van der Waals surface area contributed by atoms with Crippen LogP contribution in [0.4, 0.5) is 0 Å². The Balaban J connectivity index is 2.24. The van der Waals surface area contributed by atoms with Crippen molar-refractivity contribution in [3.63, 3.8) is 0 Å². The van der Waals surface area contributed by atoms with Gasteiger partial charge in [-0.1, -0.05) is 12.1 Å². The van der Waals surface area contributed by atoms with Gasteiger partial charge >= 0.3 is 7.12 Å². The standard InChI is InChI=1S/C12H17BO4/c1-16-12-8-9(5-6-10(12)13(14)15)11-4-2-3-7-17-11/h5-6,8,11,14-15H,2-4,7H2,1H3. The number of benzene rings is 1. The van der Waals surface area contributed by atoms with Crippen LogP contribution in [0.2, 0.25) is 0 Å². The second kappa shape index (κ2) is 5.53. The molecule has 2 rings (SSSR count). The molecule has 0 bridgehead atoms. The second-order valence-corrected chi connectivity index (χ2v) is 4.23. The molecular formula is C12H17BO4. The minimum absolute atomic E-state index is 0.0996. The van der Waals surface area contributed by atoms with E-state index in [1.807, 2.05) is 12.1 Å². The molecule has 0 saturated carbocycles. The number of rotatable bonds is 3. The predicted molar refractivity (Wildman–Crippen MR) is 65.4 cm³/mol. The summed E-state index contributed by atoms with van der Waals surface area (Å²) in [4.78, 5) is 0. The zero-order valence-corrected chi connectivity index (χ0v) is 9.93. The zero-order chi connectivity index (χ0) is 12.3. The first-order chi connectivity index (χ1) is 8.22. The quantitative estimate of drug-likeness (QED) is 0.755. The van der Waals surface area contributed by atoms with Crippen molar-refractivity contribution in [2.45, 2.75) is 25.4 Å². The summed E-state index contributed by atoms with van der Waals surface area (Å²) in [6.45, 7) is 0.789. The van der Waals surface area contributed by atoms with E-state index in [1.54, 1.807) is 6.07 Å². The van der Waals surface area contributed by atoms with Crippen LogP contribution in [0.1, 0.15) is 30.9 Å². The molecule has 1 aromatic carbocycles. The van der Waals surface area contributed by atoms with Gasteiger partial charge < -0.3 is 19.5 Å². The molecule has 1 unspecified atom stereocenters. The molecule has 2 N–H and O–H groups in total. The molecule has 4 nitrogen and oxygen atoms in total. The van der Waals surface area contributed by atoms with Crippen molar-refractivity contribution in [2.75, 3.05) is 13.7 Å². The first-order valence-corrected chi connectivity index (χ1v) is 5.88. The van der Waals surface area contributed by atoms with Gasteiger partial charge in [-0.2, -0.15) is 0 Å². The highest BCUT2D eigenvalue weighted by atomic mass is 16.5. The lowest BCUT2D eigenvalue weighted by molar-refractivity contribution is 0.0148. The maximum atomic E-state index is 9.18. The Kier molecular flexibility index (Phi) is 4.04. The maximum absolute atomic E-state index is 9.18. The van der Waals surface area contributed by atoms with Gasteiger partial charge in [-0.15, -0.1) is 0 Å². The SMILES string of the molecule is COc1cc(C2CCCCO2)ccc1B(O)O. The molecule has 0 aromatic heterocycles. The monoisotopic (exact) mass is 236 g/mol. The summed E-state index contributed by atoms with van der Waals surface area (Å²) < 4.78 is 10.8. The van der Waals surface area contributed by atoms with E-state index in [0.717, 1.165) is 31.4 Å². The first kappa shape index (κ1) is 12.4. The third kappa shape index (κ3) is 2.80. The molecule has 1 aromatic rings. The van der Waals surface area contributed by atoms with E-state index in [-0.39, 0.29) is 6.10 Å². The average Bonchev–Trinajstić information content (AvgIpc) is 2.39. The summed E-state index contributed by atoms with van der Waals surface area (Å²) in [5, 5.41) is 18.4. The Morgan fingerprint density at radius 2 is 2.18 bits per heavy atom. The lowest BCUT2D eigenvalue weighted by atomic mass is 9.78. The van der Waals surface area contributed by atoms with Gasteiger partial charge in [0.25, 0.3) is 0 Å². The highest BCUT2D eigenvalue weighted by Gasteiger charge is 2.21. The average molecular weight is 236 g/mol. The van der Waals surface area contributed by atoms with E-state index >= 15 is 0 Å². The molecule has 1 fully saturated rings. The van der Waals surface area contributed by atoms with E-state index in [2.05, 4.69) is 0 Å². The summed E-state index contributed by atoms with van der Waals surface area (Å²) >= 11 is 0. The normalized spacial score (nSPS) is 20.1. The Bertz CT molecular complexity index is 375. The third-order valence-electron chi connectivity index (χ3n) is 3.09. The smallest absolute Gasteiger partial charge is 0.492 e. The van der Waals surface area contributed by atoms with Crippen LogP contribution < -0.4 is 10.2 Å². The summed E-state index contributed by atoms with van der Waals surface area (Å²) in [6.07, 6.45) is 3.38. The molecule has 17 heavy (non-hydrogen) atoms. The maximum Gasteiger partial charge on any atom is 0.492 e. The van der Waals surface area contributed by atoms with Crippen LogP contribution in [0.3, 0.4) is 0 Å². The molecule has 92 valence electrons. The van der Waals surface area contributed by atoms with Crippen LogP contribution in [-0.2, 0) is 4.74 Å². The molecule has 1 aliphatic rings. The van der Waals surface area contributed by atoms with Crippen LogP contribution in [0.5, 0.6) is 5.75 Å². The molecule has 0 amide bonds. The molecule has 0 spiro atoms. The minimum atomic E-state index is -1.51. The Labute approximate surface area is 101 Å². The zero-order valence-electron chi connectivity index (χ0n) is 9.93. The topological polar surface area (TPSA) is 58.9 Å². The van der Waals surface area contributed by atoms with Gasteiger partial charge in [0.2, 0.25) is 0 Å². The number of methoxy groups -OCH3 is 1. The molecule has 1 atom stereocenters. The fraction of sp³-hybridized carbons (Fsp3) is 0.500. The first-order valence-electron chi connectivity index (χ1n) is 5.88. The number of hydrogen-bond donors (Lipinski definition) is 2. The highest BCUT2D eigenvalue weighted by molar-refractivity contribution is 6.59. The Hall–Kier alpha value is -1.04. The van der Waals surface area contributed by atoms with Gasteiger partial charge in [0.15, 0.2) is 0 Å². The number of ether oxygens (including phenoxy) is 2. The molecule has 1 aliphatic heterocycles. The van der Waals surface area contributed by atoms with Crippen LogP contribution in [0.25, 0.3) is 0 Å². The molecule has 0 radical (unpaired) electrons. The molecular weight excluding hydrogens is 219 g/mol.